The van der Waals surface area contributed by atoms with Crippen molar-refractivity contribution in [1.82, 2.24) is 0 Å². The Hall–Kier alpha value is -0.980. The third kappa shape index (κ3) is 2.98. The molecule has 0 amide bonds. The van der Waals surface area contributed by atoms with Gasteiger partial charge in [-0.25, -0.2) is 0 Å². The average Bonchev–Trinajstić information content (AvgIpc) is 2.31. The first-order valence-electron chi connectivity index (χ1n) is 6.12. The van der Waals surface area contributed by atoms with Crippen LogP contribution in [-0.4, -0.2) is 13.6 Å². The molecule has 0 spiro atoms. The number of para-hydroxylation sites is 1. The van der Waals surface area contributed by atoms with Gasteiger partial charge in [-0.1, -0.05) is 37.5 Å². The Balaban J connectivity index is 1.88. The summed E-state index contributed by atoms with van der Waals surface area (Å²) in [5.74, 6) is 0.920. The molecule has 0 N–H and O–H groups in total. The molecule has 1 aliphatic rings. The second kappa shape index (κ2) is 5.20. The molecular formula is C14H21N. The second-order valence-corrected chi connectivity index (χ2v) is 4.72. The van der Waals surface area contributed by atoms with Crippen LogP contribution in [0.2, 0.25) is 0 Å². The fourth-order valence-electron chi connectivity index (χ4n) is 2.54. The van der Waals surface area contributed by atoms with E-state index in [9.17, 15) is 0 Å². The molecule has 0 aliphatic heterocycles. The Morgan fingerprint density at radius 3 is 2.40 bits per heavy atom. The van der Waals surface area contributed by atoms with Gasteiger partial charge in [0.25, 0.3) is 0 Å². The van der Waals surface area contributed by atoms with E-state index in [0.29, 0.717) is 0 Å². The molecule has 1 saturated carbocycles. The van der Waals surface area contributed by atoms with E-state index in [-0.39, 0.29) is 0 Å². The van der Waals surface area contributed by atoms with Gasteiger partial charge in [0, 0.05) is 19.3 Å². The van der Waals surface area contributed by atoms with Crippen molar-refractivity contribution in [1.29, 1.82) is 0 Å². The number of hydrogen-bond acceptors (Lipinski definition) is 1. The van der Waals surface area contributed by atoms with Crippen molar-refractivity contribution >= 4 is 5.69 Å². The van der Waals surface area contributed by atoms with Crippen molar-refractivity contribution in [2.24, 2.45) is 5.92 Å². The Kier molecular flexibility index (Phi) is 3.65. The minimum absolute atomic E-state index is 0.920. The highest BCUT2D eigenvalue weighted by Gasteiger charge is 2.15. The lowest BCUT2D eigenvalue weighted by molar-refractivity contribution is 0.362. The zero-order valence-electron chi connectivity index (χ0n) is 9.65. The average molecular weight is 203 g/mol. The van der Waals surface area contributed by atoms with E-state index in [0.717, 1.165) is 5.92 Å². The van der Waals surface area contributed by atoms with E-state index in [1.54, 1.807) is 0 Å². The number of nitrogens with zero attached hydrogens (tertiary/aromatic N) is 1. The van der Waals surface area contributed by atoms with Crippen molar-refractivity contribution in [3.05, 3.63) is 30.3 Å². The summed E-state index contributed by atoms with van der Waals surface area (Å²) in [4.78, 5) is 2.40. The van der Waals surface area contributed by atoms with E-state index in [1.807, 2.05) is 0 Å². The van der Waals surface area contributed by atoms with Gasteiger partial charge in [-0.3, -0.25) is 0 Å². The van der Waals surface area contributed by atoms with Crippen LogP contribution in [0.3, 0.4) is 0 Å². The van der Waals surface area contributed by atoms with Crippen molar-refractivity contribution in [2.75, 3.05) is 18.5 Å². The van der Waals surface area contributed by atoms with Gasteiger partial charge in [-0.15, -0.1) is 0 Å². The number of rotatable bonds is 3. The van der Waals surface area contributed by atoms with Gasteiger partial charge in [0.1, 0.15) is 0 Å². The number of anilines is 1. The molecule has 0 radical (unpaired) electrons. The SMILES string of the molecule is CN(CC1CCCCC1)c1ccccc1. The molecule has 1 aromatic rings. The molecule has 0 unspecified atom stereocenters. The molecule has 82 valence electrons. The van der Waals surface area contributed by atoms with E-state index >= 15 is 0 Å². The molecule has 0 atom stereocenters. The highest BCUT2D eigenvalue weighted by atomic mass is 15.1. The minimum Gasteiger partial charge on any atom is -0.374 e. The summed E-state index contributed by atoms with van der Waals surface area (Å²) in [5, 5.41) is 0. The summed E-state index contributed by atoms with van der Waals surface area (Å²) < 4.78 is 0. The quantitative estimate of drug-likeness (QED) is 0.724. The largest absolute Gasteiger partial charge is 0.374 e. The standard InChI is InChI=1S/C14H21N/c1-15(14-10-6-3-7-11-14)12-13-8-4-2-5-9-13/h3,6-7,10-11,13H,2,4-5,8-9,12H2,1H3. The van der Waals surface area contributed by atoms with Gasteiger partial charge in [-0.2, -0.15) is 0 Å². The maximum atomic E-state index is 2.40. The minimum atomic E-state index is 0.920. The number of benzene rings is 1. The first kappa shape index (κ1) is 10.5. The summed E-state index contributed by atoms with van der Waals surface area (Å²) in [6.07, 6.45) is 7.18. The molecule has 0 heterocycles. The van der Waals surface area contributed by atoms with Crippen LogP contribution < -0.4 is 4.90 Å². The molecule has 0 saturated heterocycles. The van der Waals surface area contributed by atoms with Crippen LogP contribution in [0.15, 0.2) is 30.3 Å². The summed E-state index contributed by atoms with van der Waals surface area (Å²) in [6, 6.07) is 10.7. The predicted molar refractivity (Wildman–Crippen MR) is 66.3 cm³/mol. The highest BCUT2D eigenvalue weighted by Crippen LogP contribution is 2.25. The maximum absolute atomic E-state index is 2.40. The van der Waals surface area contributed by atoms with Crippen LogP contribution in [-0.2, 0) is 0 Å². The van der Waals surface area contributed by atoms with Crippen molar-refractivity contribution in [2.45, 2.75) is 32.1 Å². The van der Waals surface area contributed by atoms with Crippen LogP contribution in [0.1, 0.15) is 32.1 Å². The normalized spacial score (nSPS) is 17.7. The van der Waals surface area contributed by atoms with Gasteiger partial charge in [0.2, 0.25) is 0 Å². The molecule has 1 fully saturated rings. The van der Waals surface area contributed by atoms with E-state index < -0.39 is 0 Å². The molecule has 0 bridgehead atoms. The van der Waals surface area contributed by atoms with Crippen molar-refractivity contribution in [3.63, 3.8) is 0 Å². The predicted octanol–water partition coefficient (Wildman–Crippen LogP) is 3.70. The Bertz CT molecular complexity index is 275. The molecule has 1 aromatic carbocycles. The molecule has 1 nitrogen and oxygen atoms in total. The smallest absolute Gasteiger partial charge is 0.0363 e. The van der Waals surface area contributed by atoms with Gasteiger partial charge in [-0.05, 0) is 30.9 Å². The van der Waals surface area contributed by atoms with Crippen LogP contribution >= 0.6 is 0 Å². The highest BCUT2D eigenvalue weighted by molar-refractivity contribution is 5.44. The molecule has 1 heteroatoms. The molecular weight excluding hydrogens is 182 g/mol. The van der Waals surface area contributed by atoms with Crippen LogP contribution in [0, 0.1) is 5.92 Å². The van der Waals surface area contributed by atoms with Gasteiger partial charge < -0.3 is 4.90 Å². The molecule has 15 heavy (non-hydrogen) atoms. The van der Waals surface area contributed by atoms with Crippen molar-refractivity contribution in [3.8, 4) is 0 Å². The number of hydrogen-bond donors (Lipinski definition) is 0. The van der Waals surface area contributed by atoms with Gasteiger partial charge in [0.15, 0.2) is 0 Å². The lowest BCUT2D eigenvalue weighted by Crippen LogP contribution is -2.26. The van der Waals surface area contributed by atoms with Gasteiger partial charge >= 0.3 is 0 Å². The lowest BCUT2D eigenvalue weighted by Gasteiger charge is -2.28. The maximum Gasteiger partial charge on any atom is 0.0363 e. The third-order valence-electron chi connectivity index (χ3n) is 3.45. The Morgan fingerprint density at radius 2 is 1.73 bits per heavy atom. The van der Waals surface area contributed by atoms with Crippen LogP contribution in [0.5, 0.6) is 0 Å². The first-order valence-corrected chi connectivity index (χ1v) is 6.12. The summed E-state index contributed by atoms with van der Waals surface area (Å²) in [6.45, 7) is 1.23. The molecule has 0 aromatic heterocycles. The lowest BCUT2D eigenvalue weighted by atomic mass is 9.89. The van der Waals surface area contributed by atoms with E-state index in [2.05, 4.69) is 42.3 Å². The molecule has 1 aliphatic carbocycles. The first-order chi connectivity index (χ1) is 7.36. The fraction of sp³-hybridized carbons (Fsp3) is 0.571. The van der Waals surface area contributed by atoms with E-state index in [4.69, 9.17) is 0 Å². The van der Waals surface area contributed by atoms with Crippen molar-refractivity contribution < 1.29 is 0 Å². The van der Waals surface area contributed by atoms with Crippen LogP contribution in [0.4, 0.5) is 5.69 Å². The fourth-order valence-corrected chi connectivity index (χ4v) is 2.54. The Labute approximate surface area is 93.1 Å². The zero-order valence-corrected chi connectivity index (χ0v) is 9.65. The summed E-state index contributed by atoms with van der Waals surface area (Å²) in [5.41, 5.74) is 1.35. The topological polar surface area (TPSA) is 3.24 Å². The Morgan fingerprint density at radius 1 is 1.07 bits per heavy atom. The summed E-state index contributed by atoms with van der Waals surface area (Å²) in [7, 11) is 2.21. The monoisotopic (exact) mass is 203 g/mol. The zero-order chi connectivity index (χ0) is 10.5. The second-order valence-electron chi connectivity index (χ2n) is 4.72. The third-order valence-corrected chi connectivity index (χ3v) is 3.45. The summed E-state index contributed by atoms with van der Waals surface area (Å²) >= 11 is 0. The van der Waals surface area contributed by atoms with Gasteiger partial charge in [0.05, 0.1) is 0 Å². The van der Waals surface area contributed by atoms with Crippen LogP contribution in [0.25, 0.3) is 0 Å². The molecule has 2 rings (SSSR count). The van der Waals surface area contributed by atoms with E-state index in [1.165, 1.54) is 44.3 Å².